The Morgan fingerprint density at radius 3 is 2.62 bits per heavy atom. The van der Waals surface area contributed by atoms with Gasteiger partial charge in [-0.2, -0.15) is 0 Å². The minimum absolute atomic E-state index is 0.00584. The number of benzene rings is 2. The van der Waals surface area contributed by atoms with Crippen LogP contribution in [-0.2, 0) is 0 Å². The quantitative estimate of drug-likeness (QED) is 0.754. The van der Waals surface area contributed by atoms with E-state index in [0.717, 1.165) is 11.1 Å². The largest absolute Gasteiger partial charge is 0.398 e. The number of nitrogens with two attached hydrogens (primary N) is 1. The van der Waals surface area contributed by atoms with E-state index in [-0.39, 0.29) is 6.04 Å². The van der Waals surface area contributed by atoms with Crippen LogP contribution in [-0.4, -0.2) is 20.2 Å². The first-order valence-corrected chi connectivity index (χ1v) is 6.93. The Hall–Kier alpha value is -2.40. The Labute approximate surface area is 127 Å². The second-order valence-electron chi connectivity index (χ2n) is 4.74. The van der Waals surface area contributed by atoms with Gasteiger partial charge in [0, 0.05) is 5.56 Å². The maximum Gasteiger partial charge on any atom is 0.184 e. The molecule has 6 heteroatoms. The summed E-state index contributed by atoms with van der Waals surface area (Å²) in [5, 5.41) is 12.4. The van der Waals surface area contributed by atoms with Crippen molar-refractivity contribution in [3.8, 4) is 11.4 Å². The molecule has 2 N–H and O–H groups in total. The highest BCUT2D eigenvalue weighted by Crippen LogP contribution is 2.32. The van der Waals surface area contributed by atoms with Crippen LogP contribution in [0.5, 0.6) is 0 Å². The van der Waals surface area contributed by atoms with Gasteiger partial charge in [0.2, 0.25) is 0 Å². The van der Waals surface area contributed by atoms with Crippen LogP contribution in [0.4, 0.5) is 5.69 Å². The number of hydrogen-bond acceptors (Lipinski definition) is 4. The molecule has 5 nitrogen and oxygen atoms in total. The van der Waals surface area contributed by atoms with Crippen LogP contribution in [0.1, 0.15) is 18.5 Å². The van der Waals surface area contributed by atoms with Gasteiger partial charge in [-0.25, -0.2) is 4.68 Å². The summed E-state index contributed by atoms with van der Waals surface area (Å²) in [6.45, 7) is 2.04. The standard InChI is InChI=1S/C15H14ClN5/c1-10(11-6-3-2-4-7-11)21-15(18-19-20-21)12-8-5-9-13(17)14(12)16/h2-10H,17H2,1H3. The van der Waals surface area contributed by atoms with Crippen LogP contribution in [0.3, 0.4) is 0 Å². The Morgan fingerprint density at radius 1 is 1.10 bits per heavy atom. The molecule has 1 heterocycles. The van der Waals surface area contributed by atoms with Crippen LogP contribution in [0.15, 0.2) is 48.5 Å². The molecule has 0 fully saturated rings. The summed E-state index contributed by atoms with van der Waals surface area (Å²) in [6, 6.07) is 15.5. The van der Waals surface area contributed by atoms with Gasteiger partial charge < -0.3 is 5.73 Å². The van der Waals surface area contributed by atoms with Gasteiger partial charge in [-0.15, -0.1) is 5.10 Å². The molecule has 106 valence electrons. The van der Waals surface area contributed by atoms with Crippen molar-refractivity contribution < 1.29 is 0 Å². The molecule has 0 saturated carbocycles. The van der Waals surface area contributed by atoms with E-state index in [1.807, 2.05) is 49.4 Å². The van der Waals surface area contributed by atoms with Crippen molar-refractivity contribution in [1.82, 2.24) is 20.2 Å². The topological polar surface area (TPSA) is 69.6 Å². The van der Waals surface area contributed by atoms with Crippen LogP contribution >= 0.6 is 11.6 Å². The molecule has 0 bridgehead atoms. The summed E-state index contributed by atoms with van der Waals surface area (Å²) in [4.78, 5) is 0. The smallest absolute Gasteiger partial charge is 0.184 e. The molecular formula is C15H14ClN5. The summed E-state index contributed by atoms with van der Waals surface area (Å²) in [5.41, 5.74) is 8.21. The van der Waals surface area contributed by atoms with Gasteiger partial charge in [-0.05, 0) is 35.0 Å². The van der Waals surface area contributed by atoms with E-state index < -0.39 is 0 Å². The maximum absolute atomic E-state index is 6.27. The Balaban J connectivity index is 2.08. The molecule has 0 saturated heterocycles. The van der Waals surface area contributed by atoms with Gasteiger partial charge in [0.15, 0.2) is 5.82 Å². The molecule has 0 aliphatic heterocycles. The highest BCUT2D eigenvalue weighted by Gasteiger charge is 2.18. The van der Waals surface area contributed by atoms with E-state index in [9.17, 15) is 0 Å². The molecule has 1 unspecified atom stereocenters. The molecule has 2 aromatic carbocycles. The number of tetrazole rings is 1. The Morgan fingerprint density at radius 2 is 1.86 bits per heavy atom. The summed E-state index contributed by atoms with van der Waals surface area (Å²) >= 11 is 6.27. The molecule has 3 aromatic rings. The summed E-state index contributed by atoms with van der Waals surface area (Å²) in [6.07, 6.45) is 0. The molecule has 0 amide bonds. The molecule has 3 rings (SSSR count). The Bertz CT molecular complexity index is 754. The van der Waals surface area contributed by atoms with Gasteiger partial charge in [-0.3, -0.25) is 0 Å². The lowest BCUT2D eigenvalue weighted by molar-refractivity contribution is 0.548. The first kappa shape index (κ1) is 13.6. The van der Waals surface area contributed by atoms with E-state index >= 15 is 0 Å². The molecule has 0 aliphatic rings. The highest BCUT2D eigenvalue weighted by atomic mass is 35.5. The minimum atomic E-state index is -0.00584. The molecular weight excluding hydrogens is 286 g/mol. The summed E-state index contributed by atoms with van der Waals surface area (Å²) in [5.74, 6) is 0.601. The number of hydrogen-bond donors (Lipinski definition) is 1. The predicted octanol–water partition coefficient (Wildman–Crippen LogP) is 3.19. The first-order chi connectivity index (χ1) is 10.2. The first-order valence-electron chi connectivity index (χ1n) is 6.55. The van der Waals surface area contributed by atoms with Gasteiger partial charge in [0.25, 0.3) is 0 Å². The third-order valence-electron chi connectivity index (χ3n) is 3.41. The van der Waals surface area contributed by atoms with Crippen molar-refractivity contribution in [2.75, 3.05) is 5.73 Å². The van der Waals surface area contributed by atoms with E-state index in [2.05, 4.69) is 15.5 Å². The fourth-order valence-corrected chi connectivity index (χ4v) is 2.44. The van der Waals surface area contributed by atoms with Crippen molar-refractivity contribution >= 4 is 17.3 Å². The third-order valence-corrected chi connectivity index (χ3v) is 3.83. The molecule has 0 radical (unpaired) electrons. The third kappa shape index (κ3) is 2.48. The van der Waals surface area contributed by atoms with Crippen LogP contribution in [0, 0.1) is 0 Å². The number of rotatable bonds is 3. The lowest BCUT2D eigenvalue weighted by Crippen LogP contribution is -2.10. The summed E-state index contributed by atoms with van der Waals surface area (Å²) in [7, 11) is 0. The summed E-state index contributed by atoms with van der Waals surface area (Å²) < 4.78 is 1.75. The molecule has 0 spiro atoms. The molecule has 1 atom stereocenters. The van der Waals surface area contributed by atoms with E-state index in [1.54, 1.807) is 10.7 Å². The molecule has 21 heavy (non-hydrogen) atoms. The number of aromatic nitrogens is 4. The van der Waals surface area contributed by atoms with Crippen molar-refractivity contribution in [3.05, 3.63) is 59.1 Å². The number of nitrogen functional groups attached to an aromatic ring is 1. The zero-order valence-corrected chi connectivity index (χ0v) is 12.2. The molecule has 0 aliphatic carbocycles. The van der Waals surface area contributed by atoms with Crippen molar-refractivity contribution in [3.63, 3.8) is 0 Å². The van der Waals surface area contributed by atoms with Crippen LogP contribution in [0.25, 0.3) is 11.4 Å². The fourth-order valence-electron chi connectivity index (χ4n) is 2.23. The fraction of sp³-hybridized carbons (Fsp3) is 0.133. The van der Waals surface area contributed by atoms with Crippen LogP contribution < -0.4 is 5.73 Å². The SMILES string of the molecule is CC(c1ccccc1)n1nnnc1-c1cccc(N)c1Cl. The van der Waals surface area contributed by atoms with Crippen molar-refractivity contribution in [1.29, 1.82) is 0 Å². The predicted molar refractivity (Wildman–Crippen MR) is 82.9 cm³/mol. The average Bonchev–Trinajstić information content (AvgIpc) is 2.99. The van der Waals surface area contributed by atoms with Gasteiger partial charge >= 0.3 is 0 Å². The van der Waals surface area contributed by atoms with Gasteiger partial charge in [0.1, 0.15) is 0 Å². The minimum Gasteiger partial charge on any atom is -0.398 e. The zero-order chi connectivity index (χ0) is 14.8. The number of anilines is 1. The maximum atomic E-state index is 6.27. The van der Waals surface area contributed by atoms with E-state index in [1.165, 1.54) is 0 Å². The van der Waals surface area contributed by atoms with Crippen molar-refractivity contribution in [2.45, 2.75) is 13.0 Å². The van der Waals surface area contributed by atoms with E-state index in [4.69, 9.17) is 17.3 Å². The Kier molecular flexibility index (Phi) is 3.58. The van der Waals surface area contributed by atoms with Crippen LogP contribution in [0.2, 0.25) is 5.02 Å². The van der Waals surface area contributed by atoms with Gasteiger partial charge in [0.05, 0.1) is 16.8 Å². The van der Waals surface area contributed by atoms with Gasteiger partial charge in [-0.1, -0.05) is 48.0 Å². The second kappa shape index (κ2) is 5.54. The zero-order valence-electron chi connectivity index (χ0n) is 11.4. The number of nitrogens with zero attached hydrogens (tertiary/aromatic N) is 4. The normalized spacial score (nSPS) is 12.3. The lowest BCUT2D eigenvalue weighted by Gasteiger charge is -2.14. The highest BCUT2D eigenvalue weighted by molar-refractivity contribution is 6.35. The van der Waals surface area contributed by atoms with Crippen molar-refractivity contribution in [2.24, 2.45) is 0 Å². The number of halogens is 1. The monoisotopic (exact) mass is 299 g/mol. The molecule has 1 aromatic heterocycles. The average molecular weight is 300 g/mol. The van der Waals surface area contributed by atoms with E-state index in [0.29, 0.717) is 16.5 Å². The lowest BCUT2D eigenvalue weighted by atomic mass is 10.1. The second-order valence-corrected chi connectivity index (χ2v) is 5.12.